The van der Waals surface area contributed by atoms with E-state index in [0.717, 1.165) is 11.1 Å². The highest BCUT2D eigenvalue weighted by atomic mass is 16.5. The number of rotatable bonds is 2. The van der Waals surface area contributed by atoms with Crippen LogP contribution in [0.2, 0.25) is 0 Å². The molecular formula is C9H10N2O2. The molecule has 0 atom stereocenters. The molecule has 0 radical (unpaired) electrons. The van der Waals surface area contributed by atoms with Gasteiger partial charge in [-0.15, -0.1) is 0 Å². The van der Waals surface area contributed by atoms with Crippen molar-refractivity contribution in [2.75, 3.05) is 0 Å². The van der Waals surface area contributed by atoms with Gasteiger partial charge in [0.05, 0.1) is 0 Å². The first-order chi connectivity index (χ1) is 6.24. The van der Waals surface area contributed by atoms with E-state index in [9.17, 15) is 4.79 Å². The van der Waals surface area contributed by atoms with Crippen LogP contribution in [0.15, 0.2) is 30.6 Å². The van der Waals surface area contributed by atoms with Gasteiger partial charge >= 0.3 is 0 Å². The molecule has 0 bridgehead atoms. The van der Waals surface area contributed by atoms with Crippen LogP contribution < -0.4 is 5.48 Å². The zero-order valence-corrected chi connectivity index (χ0v) is 7.19. The van der Waals surface area contributed by atoms with E-state index in [4.69, 9.17) is 5.21 Å². The Labute approximate surface area is 75.9 Å². The molecule has 4 heteroatoms. The average molecular weight is 178 g/mol. The van der Waals surface area contributed by atoms with Gasteiger partial charge in [0.1, 0.15) is 0 Å². The first kappa shape index (κ1) is 9.41. The Morgan fingerprint density at radius 3 is 3.00 bits per heavy atom. The number of allylic oxidation sites excluding steroid dienone is 1. The fourth-order valence-corrected chi connectivity index (χ4v) is 0.908. The molecule has 13 heavy (non-hydrogen) atoms. The molecule has 1 amide bonds. The maximum absolute atomic E-state index is 10.7. The first-order valence-electron chi connectivity index (χ1n) is 3.77. The highest BCUT2D eigenvalue weighted by Gasteiger charge is 1.97. The summed E-state index contributed by atoms with van der Waals surface area (Å²) in [5, 5.41) is 8.27. The number of hydrogen-bond donors (Lipinski definition) is 2. The van der Waals surface area contributed by atoms with Crippen LogP contribution in [0.4, 0.5) is 0 Å². The quantitative estimate of drug-likeness (QED) is 0.403. The zero-order chi connectivity index (χ0) is 9.68. The molecule has 0 aromatic carbocycles. The summed E-state index contributed by atoms with van der Waals surface area (Å²) in [5.74, 6) is -0.540. The predicted octanol–water partition coefficient (Wildman–Crippen LogP) is 0.990. The number of nitrogens with one attached hydrogen (secondary N) is 1. The molecule has 0 saturated heterocycles. The van der Waals surface area contributed by atoms with Crippen molar-refractivity contribution in [3.05, 3.63) is 36.2 Å². The molecule has 1 rings (SSSR count). The van der Waals surface area contributed by atoms with E-state index >= 15 is 0 Å². The lowest BCUT2D eigenvalue weighted by atomic mass is 10.1. The first-order valence-corrected chi connectivity index (χ1v) is 3.77. The molecule has 68 valence electrons. The lowest BCUT2D eigenvalue weighted by Crippen LogP contribution is -2.15. The van der Waals surface area contributed by atoms with Crippen molar-refractivity contribution in [3.8, 4) is 0 Å². The molecule has 4 nitrogen and oxygen atoms in total. The second-order valence-corrected chi connectivity index (χ2v) is 2.55. The summed E-state index contributed by atoms with van der Waals surface area (Å²) in [6.45, 7) is 1.77. The Bertz CT molecular complexity index is 320. The maximum atomic E-state index is 10.7. The second kappa shape index (κ2) is 4.37. The van der Waals surface area contributed by atoms with E-state index < -0.39 is 5.91 Å². The van der Waals surface area contributed by atoms with Gasteiger partial charge in [-0.1, -0.05) is 6.07 Å². The zero-order valence-electron chi connectivity index (χ0n) is 7.19. The van der Waals surface area contributed by atoms with Gasteiger partial charge < -0.3 is 0 Å². The van der Waals surface area contributed by atoms with Crippen molar-refractivity contribution >= 4 is 11.5 Å². The Kier molecular flexibility index (Phi) is 3.16. The van der Waals surface area contributed by atoms with Crippen molar-refractivity contribution < 1.29 is 10.0 Å². The monoisotopic (exact) mass is 178 g/mol. The lowest BCUT2D eigenvalue weighted by molar-refractivity contribution is -0.124. The van der Waals surface area contributed by atoms with Gasteiger partial charge in [0.2, 0.25) is 0 Å². The number of pyridine rings is 1. The van der Waals surface area contributed by atoms with Gasteiger partial charge in [-0.2, -0.15) is 0 Å². The van der Waals surface area contributed by atoms with Gasteiger partial charge in [0, 0.05) is 18.5 Å². The topological polar surface area (TPSA) is 62.2 Å². The van der Waals surface area contributed by atoms with Crippen LogP contribution in [-0.2, 0) is 4.79 Å². The standard InChI is InChI=1S/C9H10N2O2/c1-7(5-9(12)11-13)8-3-2-4-10-6-8/h2-6,13H,1H3,(H,11,12)/b7-5-. The number of amides is 1. The van der Waals surface area contributed by atoms with E-state index in [1.165, 1.54) is 11.6 Å². The lowest BCUT2D eigenvalue weighted by Gasteiger charge is -1.98. The van der Waals surface area contributed by atoms with E-state index in [-0.39, 0.29) is 0 Å². The number of hydroxylamine groups is 1. The highest BCUT2D eigenvalue weighted by molar-refractivity contribution is 5.93. The Morgan fingerprint density at radius 1 is 1.69 bits per heavy atom. The third-order valence-electron chi connectivity index (χ3n) is 1.57. The number of hydrogen-bond acceptors (Lipinski definition) is 3. The molecule has 0 unspecified atom stereocenters. The van der Waals surface area contributed by atoms with Gasteiger partial charge in [-0.05, 0) is 24.1 Å². The summed E-state index contributed by atoms with van der Waals surface area (Å²) < 4.78 is 0. The summed E-state index contributed by atoms with van der Waals surface area (Å²) >= 11 is 0. The van der Waals surface area contributed by atoms with Gasteiger partial charge in [0.25, 0.3) is 5.91 Å². The van der Waals surface area contributed by atoms with Crippen molar-refractivity contribution in [2.24, 2.45) is 0 Å². The molecular weight excluding hydrogens is 168 g/mol. The summed E-state index contributed by atoms with van der Waals surface area (Å²) in [6.07, 6.45) is 4.61. The van der Waals surface area contributed by atoms with Gasteiger partial charge in [0.15, 0.2) is 0 Å². The number of nitrogens with zero attached hydrogens (tertiary/aromatic N) is 1. The Balaban J connectivity index is 2.85. The van der Waals surface area contributed by atoms with Crippen LogP contribution in [0.1, 0.15) is 12.5 Å². The molecule has 1 aromatic heterocycles. The van der Waals surface area contributed by atoms with Crippen molar-refractivity contribution in [2.45, 2.75) is 6.92 Å². The van der Waals surface area contributed by atoms with Gasteiger partial charge in [-0.25, -0.2) is 5.48 Å². The van der Waals surface area contributed by atoms with Crippen LogP contribution in [0.25, 0.3) is 5.57 Å². The SMILES string of the molecule is C/C(=C/C(=O)NO)c1cccnc1. The molecule has 0 aliphatic rings. The fourth-order valence-electron chi connectivity index (χ4n) is 0.908. The van der Waals surface area contributed by atoms with Crippen LogP contribution in [0.3, 0.4) is 0 Å². The predicted molar refractivity (Wildman–Crippen MR) is 47.8 cm³/mol. The third-order valence-corrected chi connectivity index (χ3v) is 1.57. The molecule has 0 aliphatic carbocycles. The van der Waals surface area contributed by atoms with E-state index in [1.807, 2.05) is 6.07 Å². The molecule has 1 aromatic rings. The maximum Gasteiger partial charge on any atom is 0.267 e. The number of aromatic nitrogens is 1. The van der Waals surface area contributed by atoms with Crippen molar-refractivity contribution in [1.29, 1.82) is 0 Å². The Hall–Kier alpha value is -1.68. The van der Waals surface area contributed by atoms with Crippen LogP contribution >= 0.6 is 0 Å². The summed E-state index contributed by atoms with van der Waals surface area (Å²) in [5.41, 5.74) is 3.13. The minimum Gasteiger partial charge on any atom is -0.288 e. The number of carbonyl (C=O) groups excluding carboxylic acids is 1. The average Bonchev–Trinajstić information content (AvgIpc) is 2.19. The van der Waals surface area contributed by atoms with E-state index in [1.54, 1.807) is 25.4 Å². The number of carbonyl (C=O) groups is 1. The second-order valence-electron chi connectivity index (χ2n) is 2.55. The summed E-state index contributed by atoms with van der Waals surface area (Å²) in [6, 6.07) is 3.62. The minimum atomic E-state index is -0.540. The molecule has 0 saturated carbocycles. The van der Waals surface area contributed by atoms with Crippen LogP contribution in [0, 0.1) is 0 Å². The largest absolute Gasteiger partial charge is 0.288 e. The minimum absolute atomic E-state index is 0.540. The molecule has 0 aliphatic heterocycles. The summed E-state index contributed by atoms with van der Waals surface area (Å²) in [7, 11) is 0. The van der Waals surface area contributed by atoms with Crippen LogP contribution in [0.5, 0.6) is 0 Å². The van der Waals surface area contributed by atoms with E-state index in [2.05, 4.69) is 4.98 Å². The normalized spacial score (nSPS) is 11.1. The van der Waals surface area contributed by atoms with Crippen molar-refractivity contribution in [3.63, 3.8) is 0 Å². The van der Waals surface area contributed by atoms with Crippen LogP contribution in [-0.4, -0.2) is 16.1 Å². The fraction of sp³-hybridized carbons (Fsp3) is 0.111. The Morgan fingerprint density at radius 2 is 2.46 bits per heavy atom. The van der Waals surface area contributed by atoms with Gasteiger partial charge in [-0.3, -0.25) is 15.0 Å². The smallest absolute Gasteiger partial charge is 0.267 e. The molecule has 0 spiro atoms. The van der Waals surface area contributed by atoms with E-state index in [0.29, 0.717) is 0 Å². The highest BCUT2D eigenvalue weighted by Crippen LogP contribution is 2.10. The van der Waals surface area contributed by atoms with Crippen molar-refractivity contribution in [1.82, 2.24) is 10.5 Å². The molecule has 1 heterocycles. The molecule has 0 fully saturated rings. The molecule has 2 N–H and O–H groups in total. The third kappa shape index (κ3) is 2.68. The summed E-state index contributed by atoms with van der Waals surface area (Å²) in [4.78, 5) is 14.6.